The highest BCUT2D eigenvalue weighted by Gasteiger charge is 2.19. The average molecular weight is 348 g/mol. The third-order valence-corrected chi connectivity index (χ3v) is 4.58. The van der Waals surface area contributed by atoms with Crippen LogP contribution < -0.4 is 10.5 Å². The van der Waals surface area contributed by atoms with E-state index >= 15 is 0 Å². The first-order chi connectivity index (χ1) is 12.5. The molecule has 0 saturated heterocycles. The maximum Gasteiger partial charge on any atom is 0.253 e. The SMILES string of the molecule is CCCC(=O)N(Cc1cc2ccccc2[nH]c1=O)c1cc(C)ccc1C. The Kier molecular flexibility index (Phi) is 5.21. The minimum atomic E-state index is -0.150. The van der Waals surface area contributed by atoms with Crippen LogP contribution in [0.2, 0.25) is 0 Å². The molecule has 0 spiro atoms. The van der Waals surface area contributed by atoms with Gasteiger partial charge in [-0.25, -0.2) is 0 Å². The fourth-order valence-corrected chi connectivity index (χ4v) is 3.15. The van der Waals surface area contributed by atoms with Crippen LogP contribution >= 0.6 is 0 Å². The zero-order valence-corrected chi connectivity index (χ0v) is 15.5. The maximum atomic E-state index is 12.8. The summed E-state index contributed by atoms with van der Waals surface area (Å²) < 4.78 is 0. The molecule has 4 heteroatoms. The van der Waals surface area contributed by atoms with Crippen LogP contribution in [0.25, 0.3) is 10.9 Å². The van der Waals surface area contributed by atoms with Crippen LogP contribution in [0.4, 0.5) is 5.69 Å². The normalized spacial score (nSPS) is 10.9. The van der Waals surface area contributed by atoms with Gasteiger partial charge in [-0.2, -0.15) is 0 Å². The van der Waals surface area contributed by atoms with Crippen molar-refractivity contribution in [2.24, 2.45) is 0 Å². The molecule has 0 bridgehead atoms. The zero-order chi connectivity index (χ0) is 18.7. The molecule has 1 amide bonds. The molecule has 3 aromatic rings. The van der Waals surface area contributed by atoms with Crippen molar-refractivity contribution in [3.63, 3.8) is 0 Å². The van der Waals surface area contributed by atoms with E-state index in [9.17, 15) is 9.59 Å². The van der Waals surface area contributed by atoms with E-state index < -0.39 is 0 Å². The number of pyridine rings is 1. The lowest BCUT2D eigenvalue weighted by molar-refractivity contribution is -0.118. The first kappa shape index (κ1) is 17.9. The summed E-state index contributed by atoms with van der Waals surface area (Å²) in [5.41, 5.74) is 4.23. The summed E-state index contributed by atoms with van der Waals surface area (Å²) in [6, 6.07) is 15.6. The fraction of sp³-hybridized carbons (Fsp3) is 0.273. The third kappa shape index (κ3) is 3.69. The minimum Gasteiger partial charge on any atom is -0.322 e. The largest absolute Gasteiger partial charge is 0.322 e. The van der Waals surface area contributed by atoms with Crippen LogP contribution in [0.5, 0.6) is 0 Å². The molecule has 26 heavy (non-hydrogen) atoms. The van der Waals surface area contributed by atoms with Crippen molar-refractivity contribution < 1.29 is 4.79 Å². The van der Waals surface area contributed by atoms with Crippen molar-refractivity contribution >= 4 is 22.5 Å². The standard InChI is InChI=1S/C22H24N2O2/c1-4-7-21(25)24(20-12-15(2)10-11-16(20)3)14-18-13-17-8-5-6-9-19(17)23-22(18)26/h5-6,8-13H,4,7,14H2,1-3H3,(H,23,26). The number of para-hydroxylation sites is 1. The highest BCUT2D eigenvalue weighted by Crippen LogP contribution is 2.24. The Hall–Kier alpha value is -2.88. The molecule has 0 aliphatic heterocycles. The van der Waals surface area contributed by atoms with E-state index in [1.165, 1.54) is 0 Å². The molecule has 4 nitrogen and oxygen atoms in total. The molecule has 1 heterocycles. The molecule has 0 fully saturated rings. The van der Waals surface area contributed by atoms with Crippen LogP contribution in [-0.2, 0) is 11.3 Å². The van der Waals surface area contributed by atoms with Crippen LogP contribution in [0.1, 0.15) is 36.5 Å². The van der Waals surface area contributed by atoms with Gasteiger partial charge in [0.05, 0.1) is 6.54 Å². The summed E-state index contributed by atoms with van der Waals surface area (Å²) in [5, 5.41) is 0.964. The average Bonchev–Trinajstić information content (AvgIpc) is 2.62. The molecule has 2 aromatic carbocycles. The predicted octanol–water partition coefficient (Wildman–Crippen LogP) is 4.48. The summed E-state index contributed by atoms with van der Waals surface area (Å²) >= 11 is 0. The number of amides is 1. The molecule has 0 aliphatic rings. The lowest BCUT2D eigenvalue weighted by atomic mass is 10.1. The molecule has 1 aromatic heterocycles. The number of anilines is 1. The Balaban J connectivity index is 2.06. The van der Waals surface area contributed by atoms with E-state index in [1.807, 2.05) is 69.3 Å². The number of rotatable bonds is 5. The number of aromatic nitrogens is 1. The monoisotopic (exact) mass is 348 g/mol. The Morgan fingerprint density at radius 2 is 1.85 bits per heavy atom. The highest BCUT2D eigenvalue weighted by molar-refractivity contribution is 5.94. The lowest BCUT2D eigenvalue weighted by Gasteiger charge is -2.25. The van der Waals surface area contributed by atoms with Crippen LogP contribution in [0, 0.1) is 13.8 Å². The van der Waals surface area contributed by atoms with E-state index in [4.69, 9.17) is 0 Å². The Morgan fingerprint density at radius 1 is 1.08 bits per heavy atom. The van der Waals surface area contributed by atoms with Gasteiger partial charge in [0, 0.05) is 23.2 Å². The number of aryl methyl sites for hydroxylation is 2. The third-order valence-electron chi connectivity index (χ3n) is 4.58. The highest BCUT2D eigenvalue weighted by atomic mass is 16.2. The summed E-state index contributed by atoms with van der Waals surface area (Å²) in [5.74, 6) is 0.0359. The number of nitrogens with one attached hydrogen (secondary N) is 1. The number of aromatic amines is 1. The number of hydrogen-bond acceptors (Lipinski definition) is 2. The lowest BCUT2D eigenvalue weighted by Crippen LogP contribution is -2.33. The summed E-state index contributed by atoms with van der Waals surface area (Å²) in [7, 11) is 0. The molecule has 3 rings (SSSR count). The van der Waals surface area contributed by atoms with Gasteiger partial charge < -0.3 is 9.88 Å². The van der Waals surface area contributed by atoms with E-state index in [0.29, 0.717) is 12.0 Å². The minimum absolute atomic E-state index is 0.0359. The maximum absolute atomic E-state index is 12.8. The van der Waals surface area contributed by atoms with Crippen molar-refractivity contribution in [1.29, 1.82) is 0 Å². The van der Waals surface area contributed by atoms with Crippen molar-refractivity contribution in [2.45, 2.75) is 40.2 Å². The topological polar surface area (TPSA) is 53.2 Å². The van der Waals surface area contributed by atoms with Crippen LogP contribution in [0.15, 0.2) is 53.3 Å². The number of nitrogens with zero attached hydrogens (tertiary/aromatic N) is 1. The molecule has 1 N–H and O–H groups in total. The number of benzene rings is 2. The van der Waals surface area contributed by atoms with Gasteiger partial charge in [0.25, 0.3) is 5.56 Å². The number of fused-ring (bicyclic) bond motifs is 1. The van der Waals surface area contributed by atoms with E-state index in [2.05, 4.69) is 4.98 Å². The molecular formula is C22H24N2O2. The number of H-pyrrole nitrogens is 1. The summed E-state index contributed by atoms with van der Waals surface area (Å²) in [4.78, 5) is 30.0. The summed E-state index contributed by atoms with van der Waals surface area (Å²) in [6.07, 6.45) is 1.23. The molecule has 0 unspecified atom stereocenters. The van der Waals surface area contributed by atoms with Crippen LogP contribution in [0.3, 0.4) is 0 Å². The van der Waals surface area contributed by atoms with Gasteiger partial charge in [-0.15, -0.1) is 0 Å². The number of hydrogen-bond donors (Lipinski definition) is 1. The Labute approximate surface area is 153 Å². The van der Waals surface area contributed by atoms with Gasteiger partial charge in [0.15, 0.2) is 0 Å². The fourth-order valence-electron chi connectivity index (χ4n) is 3.15. The predicted molar refractivity (Wildman–Crippen MR) is 107 cm³/mol. The van der Waals surface area contributed by atoms with Gasteiger partial charge in [0.1, 0.15) is 0 Å². The molecule has 0 saturated carbocycles. The van der Waals surface area contributed by atoms with Gasteiger partial charge in [0.2, 0.25) is 5.91 Å². The second kappa shape index (κ2) is 7.56. The molecule has 134 valence electrons. The molecule has 0 atom stereocenters. The van der Waals surface area contributed by atoms with Gasteiger partial charge in [-0.1, -0.05) is 37.3 Å². The first-order valence-corrected chi connectivity index (χ1v) is 8.98. The van der Waals surface area contributed by atoms with E-state index in [0.717, 1.165) is 34.1 Å². The summed E-state index contributed by atoms with van der Waals surface area (Å²) in [6.45, 7) is 6.26. The number of carbonyl (C=O) groups is 1. The Bertz CT molecular complexity index is 1000. The molecular weight excluding hydrogens is 324 g/mol. The van der Waals surface area contributed by atoms with E-state index in [1.54, 1.807) is 4.90 Å². The van der Waals surface area contributed by atoms with Crippen molar-refractivity contribution in [3.05, 3.63) is 75.6 Å². The number of carbonyl (C=O) groups excluding carboxylic acids is 1. The second-order valence-electron chi connectivity index (χ2n) is 6.73. The quantitative estimate of drug-likeness (QED) is 0.739. The van der Waals surface area contributed by atoms with Gasteiger partial charge in [-0.05, 0) is 55.0 Å². The van der Waals surface area contributed by atoms with Crippen molar-refractivity contribution in [1.82, 2.24) is 4.98 Å². The van der Waals surface area contributed by atoms with Gasteiger partial charge >= 0.3 is 0 Å². The van der Waals surface area contributed by atoms with Crippen molar-refractivity contribution in [3.8, 4) is 0 Å². The molecule has 0 aliphatic carbocycles. The zero-order valence-electron chi connectivity index (χ0n) is 15.5. The smallest absolute Gasteiger partial charge is 0.253 e. The van der Waals surface area contributed by atoms with E-state index in [-0.39, 0.29) is 18.0 Å². The van der Waals surface area contributed by atoms with Crippen molar-refractivity contribution in [2.75, 3.05) is 4.90 Å². The first-order valence-electron chi connectivity index (χ1n) is 8.98. The molecule has 0 radical (unpaired) electrons. The van der Waals surface area contributed by atoms with Gasteiger partial charge in [-0.3, -0.25) is 9.59 Å². The Morgan fingerprint density at radius 3 is 2.62 bits per heavy atom. The van der Waals surface area contributed by atoms with Crippen LogP contribution in [-0.4, -0.2) is 10.9 Å². The second-order valence-corrected chi connectivity index (χ2v) is 6.73.